The third kappa shape index (κ3) is 4.86. The Morgan fingerprint density at radius 1 is 1.26 bits per heavy atom. The summed E-state index contributed by atoms with van der Waals surface area (Å²) in [5.74, 6) is 0.0907. The van der Waals surface area contributed by atoms with Crippen LogP contribution in [0.2, 0.25) is 0 Å². The summed E-state index contributed by atoms with van der Waals surface area (Å²) < 4.78 is 0. The van der Waals surface area contributed by atoms with Gasteiger partial charge in [0.2, 0.25) is 0 Å². The quantitative estimate of drug-likeness (QED) is 0.849. The molecule has 1 saturated heterocycles. The fourth-order valence-electron chi connectivity index (χ4n) is 3.73. The molecule has 5 heteroatoms. The minimum absolute atomic E-state index is 0.0907. The molecule has 144 valence electrons. The van der Waals surface area contributed by atoms with Gasteiger partial charge in [-0.25, -0.2) is 0 Å². The first-order chi connectivity index (χ1) is 13.1. The molecule has 1 fully saturated rings. The van der Waals surface area contributed by atoms with Gasteiger partial charge in [-0.05, 0) is 63.2 Å². The van der Waals surface area contributed by atoms with Gasteiger partial charge >= 0.3 is 0 Å². The van der Waals surface area contributed by atoms with E-state index in [0.717, 1.165) is 35.6 Å². The van der Waals surface area contributed by atoms with E-state index in [1.165, 1.54) is 19.3 Å². The maximum absolute atomic E-state index is 13.0. The summed E-state index contributed by atoms with van der Waals surface area (Å²) >= 11 is 0. The standard InChI is InChI=1S/C22H30N4O/c1-17-20(22(27)26(3)16-19-10-5-7-14-25(19)2)11-8-12-21(17)24-15-18-9-4-6-13-23-18/h4,6,8-9,11-13,19,24H,5,7,10,14-16H2,1-3H3. The van der Waals surface area contributed by atoms with Crippen LogP contribution in [-0.2, 0) is 6.54 Å². The average Bonchev–Trinajstić information content (AvgIpc) is 2.69. The molecule has 1 aromatic carbocycles. The van der Waals surface area contributed by atoms with Gasteiger partial charge in [0.25, 0.3) is 5.91 Å². The predicted molar refractivity (Wildman–Crippen MR) is 110 cm³/mol. The van der Waals surface area contributed by atoms with E-state index in [2.05, 4.69) is 22.2 Å². The number of aromatic nitrogens is 1. The van der Waals surface area contributed by atoms with E-state index in [9.17, 15) is 4.79 Å². The second-order valence-corrected chi connectivity index (χ2v) is 7.47. The summed E-state index contributed by atoms with van der Waals surface area (Å²) in [6.07, 6.45) is 5.47. The van der Waals surface area contributed by atoms with E-state index in [1.807, 2.05) is 55.3 Å². The number of hydrogen-bond donors (Lipinski definition) is 1. The largest absolute Gasteiger partial charge is 0.379 e. The number of amides is 1. The number of pyridine rings is 1. The van der Waals surface area contributed by atoms with Crippen molar-refractivity contribution in [2.45, 2.75) is 38.8 Å². The Labute approximate surface area is 162 Å². The number of benzene rings is 1. The van der Waals surface area contributed by atoms with Crippen LogP contribution in [0, 0.1) is 6.92 Å². The number of carbonyl (C=O) groups is 1. The first-order valence-electron chi connectivity index (χ1n) is 9.75. The molecule has 0 spiro atoms. The van der Waals surface area contributed by atoms with Gasteiger partial charge < -0.3 is 15.1 Å². The average molecular weight is 367 g/mol. The molecule has 0 saturated carbocycles. The molecule has 1 atom stereocenters. The van der Waals surface area contributed by atoms with Crippen molar-refractivity contribution < 1.29 is 4.79 Å². The molecule has 0 aliphatic carbocycles. The van der Waals surface area contributed by atoms with Gasteiger partial charge in [-0.1, -0.05) is 18.6 Å². The van der Waals surface area contributed by atoms with E-state index < -0.39 is 0 Å². The Kier molecular flexibility index (Phi) is 6.45. The topological polar surface area (TPSA) is 48.5 Å². The van der Waals surface area contributed by atoms with Gasteiger partial charge in [-0.15, -0.1) is 0 Å². The summed E-state index contributed by atoms with van der Waals surface area (Å²) in [6.45, 7) is 4.55. The zero-order chi connectivity index (χ0) is 19.2. The summed E-state index contributed by atoms with van der Waals surface area (Å²) in [5.41, 5.74) is 3.71. The number of nitrogens with zero attached hydrogens (tertiary/aromatic N) is 3. The number of hydrogen-bond acceptors (Lipinski definition) is 4. The van der Waals surface area contributed by atoms with E-state index >= 15 is 0 Å². The van der Waals surface area contributed by atoms with Gasteiger partial charge in [0.1, 0.15) is 0 Å². The van der Waals surface area contributed by atoms with Crippen LogP contribution in [0.5, 0.6) is 0 Å². The molecule has 27 heavy (non-hydrogen) atoms. The molecule has 3 rings (SSSR count). The number of nitrogens with one attached hydrogen (secondary N) is 1. The van der Waals surface area contributed by atoms with Crippen LogP contribution in [0.4, 0.5) is 5.69 Å². The highest BCUT2D eigenvalue weighted by Gasteiger charge is 2.23. The van der Waals surface area contributed by atoms with Crippen LogP contribution < -0.4 is 5.32 Å². The zero-order valence-corrected chi connectivity index (χ0v) is 16.6. The van der Waals surface area contributed by atoms with Gasteiger partial charge in [0, 0.05) is 37.1 Å². The summed E-state index contributed by atoms with van der Waals surface area (Å²) in [4.78, 5) is 21.6. The Morgan fingerprint density at radius 3 is 2.85 bits per heavy atom. The lowest BCUT2D eigenvalue weighted by atomic mass is 10.0. The normalized spacial score (nSPS) is 17.5. The highest BCUT2D eigenvalue weighted by molar-refractivity contribution is 5.96. The minimum Gasteiger partial charge on any atom is -0.379 e. The lowest BCUT2D eigenvalue weighted by molar-refractivity contribution is 0.0716. The number of likely N-dealkylation sites (tertiary alicyclic amines) is 1. The van der Waals surface area contributed by atoms with Crippen molar-refractivity contribution in [3.63, 3.8) is 0 Å². The smallest absolute Gasteiger partial charge is 0.253 e. The van der Waals surface area contributed by atoms with Crippen molar-refractivity contribution in [1.29, 1.82) is 0 Å². The summed E-state index contributed by atoms with van der Waals surface area (Å²) in [6, 6.07) is 12.2. The van der Waals surface area contributed by atoms with Crippen LogP contribution in [0.3, 0.4) is 0 Å². The number of anilines is 1. The highest BCUT2D eigenvalue weighted by Crippen LogP contribution is 2.22. The van der Waals surface area contributed by atoms with Crippen molar-refractivity contribution >= 4 is 11.6 Å². The van der Waals surface area contributed by atoms with Crippen LogP contribution in [0.1, 0.15) is 40.9 Å². The fraction of sp³-hybridized carbons (Fsp3) is 0.455. The van der Waals surface area contributed by atoms with Gasteiger partial charge in [-0.3, -0.25) is 9.78 Å². The van der Waals surface area contributed by atoms with E-state index in [4.69, 9.17) is 0 Å². The molecule has 2 aromatic rings. The molecule has 1 aliphatic heterocycles. The van der Waals surface area contributed by atoms with Crippen molar-refractivity contribution in [3.05, 3.63) is 59.4 Å². The SMILES string of the molecule is Cc1c(NCc2ccccn2)cccc1C(=O)N(C)CC1CCCCN1C. The summed E-state index contributed by atoms with van der Waals surface area (Å²) in [7, 11) is 4.08. The first kappa shape index (κ1) is 19.4. The molecule has 5 nitrogen and oxygen atoms in total. The molecule has 1 unspecified atom stereocenters. The number of likely N-dealkylation sites (N-methyl/N-ethyl adjacent to an activating group) is 2. The lowest BCUT2D eigenvalue weighted by Gasteiger charge is -2.35. The molecule has 2 heterocycles. The number of piperidine rings is 1. The molecule has 0 bridgehead atoms. The van der Waals surface area contributed by atoms with Crippen molar-refractivity contribution in [2.75, 3.05) is 32.5 Å². The minimum atomic E-state index is 0.0907. The molecule has 1 aromatic heterocycles. The number of rotatable bonds is 6. The molecular formula is C22H30N4O. The highest BCUT2D eigenvalue weighted by atomic mass is 16.2. The van der Waals surface area contributed by atoms with Gasteiger partial charge in [-0.2, -0.15) is 0 Å². The Balaban J connectivity index is 1.67. The summed E-state index contributed by atoms with van der Waals surface area (Å²) in [5, 5.41) is 3.41. The maximum atomic E-state index is 13.0. The third-order valence-corrected chi connectivity index (χ3v) is 5.50. The van der Waals surface area contributed by atoms with E-state index in [0.29, 0.717) is 12.6 Å². The van der Waals surface area contributed by atoms with E-state index in [-0.39, 0.29) is 5.91 Å². The Bertz CT molecular complexity index is 762. The molecule has 1 aliphatic rings. The second kappa shape index (κ2) is 9.00. The van der Waals surface area contributed by atoms with Crippen molar-refractivity contribution in [2.24, 2.45) is 0 Å². The van der Waals surface area contributed by atoms with Crippen LogP contribution in [0.25, 0.3) is 0 Å². The molecular weight excluding hydrogens is 336 g/mol. The van der Waals surface area contributed by atoms with Gasteiger partial charge in [0.15, 0.2) is 0 Å². The fourth-order valence-corrected chi connectivity index (χ4v) is 3.73. The van der Waals surface area contributed by atoms with Crippen LogP contribution >= 0.6 is 0 Å². The monoisotopic (exact) mass is 366 g/mol. The van der Waals surface area contributed by atoms with Crippen LogP contribution in [0.15, 0.2) is 42.6 Å². The maximum Gasteiger partial charge on any atom is 0.253 e. The molecule has 1 N–H and O–H groups in total. The Hall–Kier alpha value is -2.40. The lowest BCUT2D eigenvalue weighted by Crippen LogP contribution is -2.45. The van der Waals surface area contributed by atoms with E-state index in [1.54, 1.807) is 6.20 Å². The molecule has 0 radical (unpaired) electrons. The number of carbonyl (C=O) groups excluding carboxylic acids is 1. The zero-order valence-electron chi connectivity index (χ0n) is 16.6. The van der Waals surface area contributed by atoms with Crippen LogP contribution in [-0.4, -0.2) is 53.9 Å². The third-order valence-electron chi connectivity index (χ3n) is 5.50. The van der Waals surface area contributed by atoms with Crippen molar-refractivity contribution in [1.82, 2.24) is 14.8 Å². The predicted octanol–water partition coefficient (Wildman–Crippen LogP) is 3.56. The van der Waals surface area contributed by atoms with Gasteiger partial charge in [0.05, 0.1) is 12.2 Å². The Morgan fingerprint density at radius 2 is 2.11 bits per heavy atom. The molecule has 1 amide bonds. The van der Waals surface area contributed by atoms with Crippen molar-refractivity contribution in [3.8, 4) is 0 Å². The second-order valence-electron chi connectivity index (χ2n) is 7.47. The first-order valence-corrected chi connectivity index (χ1v) is 9.75.